The van der Waals surface area contributed by atoms with Crippen molar-refractivity contribution in [2.75, 3.05) is 24.3 Å². The fourth-order valence-corrected chi connectivity index (χ4v) is 5.20. The Kier molecular flexibility index (Phi) is 9.33. The van der Waals surface area contributed by atoms with E-state index in [4.69, 9.17) is 24.3 Å². The predicted octanol–water partition coefficient (Wildman–Crippen LogP) is 6.31. The predicted molar refractivity (Wildman–Crippen MR) is 150 cm³/mol. The maximum Gasteiger partial charge on any atom is 0.338 e. The third-order valence-corrected chi connectivity index (χ3v) is 7.21. The molecule has 0 fully saturated rings. The van der Waals surface area contributed by atoms with Crippen LogP contribution in [0.15, 0.2) is 58.9 Å². The smallest absolute Gasteiger partial charge is 0.338 e. The second kappa shape index (κ2) is 12.9. The van der Waals surface area contributed by atoms with Crippen LogP contribution in [0.1, 0.15) is 63.3 Å². The van der Waals surface area contributed by atoms with Crippen molar-refractivity contribution >= 4 is 23.7 Å². The maximum atomic E-state index is 13.1. The molecule has 8 nitrogen and oxygen atoms in total. The number of ether oxygens (including phenoxy) is 3. The van der Waals surface area contributed by atoms with Gasteiger partial charge in [-0.3, -0.25) is 0 Å². The van der Waals surface area contributed by atoms with E-state index in [1.807, 2.05) is 44.2 Å². The maximum absolute atomic E-state index is 13.1. The zero-order valence-electron chi connectivity index (χ0n) is 22.7. The molecule has 1 N–H and O–H groups in total. The van der Waals surface area contributed by atoms with E-state index in [2.05, 4.69) is 31.3 Å². The molecular formula is C29H36N4O4S. The van der Waals surface area contributed by atoms with Crippen molar-refractivity contribution in [2.24, 2.45) is 0 Å². The summed E-state index contributed by atoms with van der Waals surface area (Å²) in [5.41, 5.74) is 4.29. The van der Waals surface area contributed by atoms with Crippen LogP contribution in [0.4, 0.5) is 5.95 Å². The molecule has 0 saturated heterocycles. The first-order valence-corrected chi connectivity index (χ1v) is 14.1. The Bertz CT molecular complexity index is 1300. The highest BCUT2D eigenvalue weighted by atomic mass is 32.2. The van der Waals surface area contributed by atoms with Crippen molar-refractivity contribution in [1.29, 1.82) is 0 Å². The number of aromatic nitrogens is 3. The summed E-state index contributed by atoms with van der Waals surface area (Å²) in [5.74, 6) is 2.39. The topological polar surface area (TPSA) is 87.5 Å². The van der Waals surface area contributed by atoms with Gasteiger partial charge in [0.05, 0.1) is 18.8 Å². The van der Waals surface area contributed by atoms with Gasteiger partial charge in [-0.2, -0.15) is 4.98 Å². The number of aryl methyl sites for hydroxylation is 1. The average Bonchev–Trinajstić information content (AvgIpc) is 3.30. The highest BCUT2D eigenvalue weighted by molar-refractivity contribution is 7.99. The van der Waals surface area contributed by atoms with Gasteiger partial charge in [-0.25, -0.2) is 9.48 Å². The van der Waals surface area contributed by atoms with Crippen LogP contribution in [0.25, 0.3) is 0 Å². The molecule has 202 valence electrons. The number of nitrogens with one attached hydrogen (secondary N) is 1. The lowest BCUT2D eigenvalue weighted by Gasteiger charge is -2.28. The quantitative estimate of drug-likeness (QED) is 0.164. The Hall–Kier alpha value is -3.46. The number of anilines is 1. The second-order valence-corrected chi connectivity index (χ2v) is 10.1. The van der Waals surface area contributed by atoms with E-state index in [0.29, 0.717) is 47.1 Å². The van der Waals surface area contributed by atoms with Crippen LogP contribution < -0.4 is 14.8 Å². The molecule has 9 heteroatoms. The number of hydrogen-bond donors (Lipinski definition) is 1. The van der Waals surface area contributed by atoms with E-state index in [-0.39, 0.29) is 12.6 Å². The number of allylic oxidation sites excluding steroid dienone is 1. The number of unbranched alkanes of at least 4 members (excludes halogenated alkanes) is 1. The molecule has 0 radical (unpaired) electrons. The fourth-order valence-electron chi connectivity index (χ4n) is 4.29. The lowest BCUT2D eigenvalue weighted by atomic mass is 9.95. The number of fused-ring (bicyclic) bond motifs is 1. The molecule has 0 amide bonds. The summed E-state index contributed by atoms with van der Waals surface area (Å²) in [4.78, 5) is 17.8. The molecule has 2 aromatic carbocycles. The lowest BCUT2D eigenvalue weighted by molar-refractivity contribution is -0.139. The van der Waals surface area contributed by atoms with Gasteiger partial charge < -0.3 is 19.5 Å². The van der Waals surface area contributed by atoms with Crippen molar-refractivity contribution in [2.45, 2.75) is 65.3 Å². The van der Waals surface area contributed by atoms with Gasteiger partial charge in [0.1, 0.15) is 12.6 Å². The largest absolute Gasteiger partial charge is 0.490 e. The van der Waals surface area contributed by atoms with Crippen LogP contribution in [0.2, 0.25) is 0 Å². The molecule has 1 aliphatic heterocycles. The third-order valence-electron chi connectivity index (χ3n) is 6.29. The van der Waals surface area contributed by atoms with Crippen LogP contribution in [0.5, 0.6) is 11.5 Å². The van der Waals surface area contributed by atoms with E-state index >= 15 is 0 Å². The van der Waals surface area contributed by atoms with Gasteiger partial charge in [0.25, 0.3) is 0 Å². The number of nitrogens with zero attached hydrogens (tertiary/aromatic N) is 3. The van der Waals surface area contributed by atoms with Crippen molar-refractivity contribution in [3.63, 3.8) is 0 Å². The van der Waals surface area contributed by atoms with Gasteiger partial charge in [-0.15, -0.1) is 5.10 Å². The molecule has 1 aliphatic rings. The fraction of sp³-hybridized carbons (Fsp3) is 0.414. The molecule has 1 atom stereocenters. The number of benzene rings is 2. The number of rotatable bonds is 12. The SMILES string of the molecule is CCCCSc1nc2n(n1)C(c1ccc(OCc3ccccc3C)c(OCC)c1)C(C(=O)OCC)=C(C)N2. The lowest BCUT2D eigenvalue weighted by Crippen LogP contribution is -2.29. The van der Waals surface area contributed by atoms with Gasteiger partial charge in [0, 0.05) is 11.4 Å². The minimum atomic E-state index is -0.525. The van der Waals surface area contributed by atoms with E-state index in [0.717, 1.165) is 29.7 Å². The van der Waals surface area contributed by atoms with Gasteiger partial charge in [0.2, 0.25) is 11.1 Å². The minimum absolute atomic E-state index is 0.278. The summed E-state index contributed by atoms with van der Waals surface area (Å²) in [6.07, 6.45) is 2.19. The Morgan fingerprint density at radius 3 is 2.61 bits per heavy atom. The number of thioether (sulfide) groups is 1. The van der Waals surface area contributed by atoms with Crippen LogP contribution in [0.3, 0.4) is 0 Å². The molecular weight excluding hydrogens is 500 g/mol. The highest BCUT2D eigenvalue weighted by Crippen LogP contribution is 2.40. The van der Waals surface area contributed by atoms with Crippen LogP contribution in [-0.2, 0) is 16.1 Å². The van der Waals surface area contributed by atoms with Crippen LogP contribution in [-0.4, -0.2) is 39.7 Å². The molecule has 0 spiro atoms. The Morgan fingerprint density at radius 2 is 1.87 bits per heavy atom. The first-order valence-electron chi connectivity index (χ1n) is 13.1. The normalized spacial score (nSPS) is 14.6. The van der Waals surface area contributed by atoms with Gasteiger partial charge in [-0.05, 0) is 62.9 Å². The zero-order valence-corrected chi connectivity index (χ0v) is 23.6. The van der Waals surface area contributed by atoms with Crippen molar-refractivity contribution < 1.29 is 19.0 Å². The van der Waals surface area contributed by atoms with Crippen LogP contribution >= 0.6 is 11.8 Å². The number of carbonyl (C=O) groups is 1. The average molecular weight is 537 g/mol. The molecule has 1 aromatic heterocycles. The number of carbonyl (C=O) groups excluding carboxylic acids is 1. The van der Waals surface area contributed by atoms with Crippen molar-refractivity contribution in [3.8, 4) is 11.5 Å². The summed E-state index contributed by atoms with van der Waals surface area (Å²) in [7, 11) is 0. The monoisotopic (exact) mass is 536 g/mol. The highest BCUT2D eigenvalue weighted by Gasteiger charge is 2.35. The van der Waals surface area contributed by atoms with Crippen LogP contribution in [0, 0.1) is 6.92 Å². The Morgan fingerprint density at radius 1 is 1.05 bits per heavy atom. The molecule has 3 aromatic rings. The zero-order chi connectivity index (χ0) is 27.1. The summed E-state index contributed by atoms with van der Waals surface area (Å²) >= 11 is 1.61. The number of esters is 1. The van der Waals surface area contributed by atoms with Crippen molar-refractivity contribution in [1.82, 2.24) is 14.8 Å². The Labute approximate surface area is 228 Å². The van der Waals surface area contributed by atoms with E-state index in [9.17, 15) is 4.79 Å². The first kappa shape index (κ1) is 27.6. The van der Waals surface area contributed by atoms with Crippen molar-refractivity contribution in [3.05, 3.63) is 70.4 Å². The van der Waals surface area contributed by atoms with E-state index < -0.39 is 6.04 Å². The minimum Gasteiger partial charge on any atom is -0.490 e. The molecule has 38 heavy (non-hydrogen) atoms. The molecule has 2 heterocycles. The molecule has 4 rings (SSSR count). The second-order valence-electron chi connectivity index (χ2n) is 9.01. The standard InChI is InChI=1S/C29H36N4O4S/c1-6-9-16-38-29-31-28-30-20(5)25(27(34)36-8-3)26(33(28)32-29)21-14-15-23(24(17-21)35-7-2)37-18-22-13-11-10-12-19(22)4/h10-15,17,26H,6-9,16,18H2,1-5H3,(H,30,31,32). The Balaban J connectivity index is 1.71. The van der Waals surface area contributed by atoms with E-state index in [1.54, 1.807) is 23.4 Å². The summed E-state index contributed by atoms with van der Waals surface area (Å²) in [5, 5.41) is 8.71. The third kappa shape index (κ3) is 6.15. The summed E-state index contributed by atoms with van der Waals surface area (Å²) < 4.78 is 19.4. The molecule has 0 bridgehead atoms. The summed E-state index contributed by atoms with van der Waals surface area (Å²) in [6.45, 7) is 11.0. The van der Waals surface area contributed by atoms with Gasteiger partial charge in [-0.1, -0.05) is 55.4 Å². The van der Waals surface area contributed by atoms with E-state index in [1.165, 1.54) is 5.56 Å². The number of hydrogen-bond acceptors (Lipinski definition) is 8. The first-order chi connectivity index (χ1) is 18.5. The molecule has 0 saturated carbocycles. The molecule has 1 unspecified atom stereocenters. The summed E-state index contributed by atoms with van der Waals surface area (Å²) in [6, 6.07) is 13.4. The van der Waals surface area contributed by atoms with Gasteiger partial charge >= 0.3 is 5.97 Å². The molecule has 0 aliphatic carbocycles. The van der Waals surface area contributed by atoms with Gasteiger partial charge in [0.15, 0.2) is 11.5 Å².